The van der Waals surface area contributed by atoms with Gasteiger partial charge in [-0.15, -0.1) is 0 Å². The molecule has 2 N–H and O–H groups in total. The molecule has 1 aromatic carbocycles. The van der Waals surface area contributed by atoms with Gasteiger partial charge in [0.1, 0.15) is 28.0 Å². The van der Waals surface area contributed by atoms with Crippen molar-refractivity contribution < 1.29 is 49.2 Å². The minimum Gasteiger partial charge on any atom is -0.477 e. The van der Waals surface area contributed by atoms with E-state index in [0.717, 1.165) is 12.1 Å². The average Bonchev–Trinajstić information content (AvgIpc) is 3.76. The predicted octanol–water partition coefficient (Wildman–Crippen LogP) is 6.00. The monoisotopic (exact) mass is 766 g/mol. The third-order valence-corrected chi connectivity index (χ3v) is 11.5. The van der Waals surface area contributed by atoms with E-state index in [1.807, 2.05) is 4.90 Å². The topological polar surface area (TPSA) is 159 Å². The molecule has 0 unspecified atom stereocenters. The second kappa shape index (κ2) is 13.0. The Morgan fingerprint density at radius 1 is 1.08 bits per heavy atom. The first-order chi connectivity index (χ1) is 24.8. The number of aromatic nitrogens is 3. The fraction of sp³-hybridized carbons (Fsp3) is 0.600. The Hall–Kier alpha value is -4.19. The Morgan fingerprint density at radius 2 is 1.81 bits per heavy atom. The number of benzene rings is 1. The second-order valence-electron chi connectivity index (χ2n) is 15.3. The molecule has 3 fully saturated rings. The van der Waals surface area contributed by atoms with Gasteiger partial charge in [-0.1, -0.05) is 0 Å². The highest BCUT2D eigenvalue weighted by atomic mass is 32.2. The molecule has 4 aliphatic rings. The van der Waals surface area contributed by atoms with E-state index in [4.69, 9.17) is 29.1 Å². The standard InChI is InChI=1S/C35H42F4N6O7S/c1-6-53(47,48)51-17-34(10-11-34)16-50-31-42-28-24-29(43-31)44-15-20-7-8-23(45(20)32(46)52-33(3,4)5)22(44)9-12-49-30(24)41-27(26(28)36)21-14-19(40)13-18(2)25(21)35(37,38)39/h13-14,20,22-23H,6-12,15-17,40H2,1-5H3/t20-,22-,23+/m1/s1. The molecular formula is C35H42F4N6O7S. The summed E-state index contributed by atoms with van der Waals surface area (Å²) in [5.74, 6) is -1.34. The number of nitrogens with zero attached hydrogens (tertiary/aromatic N) is 5. The smallest absolute Gasteiger partial charge is 0.417 e. The van der Waals surface area contributed by atoms with E-state index in [1.165, 1.54) is 13.8 Å². The van der Waals surface area contributed by atoms with Crippen molar-refractivity contribution in [2.75, 3.05) is 42.8 Å². The lowest BCUT2D eigenvalue weighted by Gasteiger charge is -2.48. The SMILES string of the molecule is CCS(=O)(=O)OCC1(COc2nc3c4c(nc(-c5cc(N)cc(C)c5C(F)(F)F)c(F)c4n2)OCC[C@@H]2[C@@H]4CC[C@H](CN32)N4C(=O)OC(C)(C)C)CC1. The molecule has 13 nitrogen and oxygen atoms in total. The Kier molecular flexibility index (Phi) is 9.10. The minimum absolute atomic E-state index is 0.0222. The Morgan fingerprint density at radius 3 is 2.47 bits per heavy atom. The highest BCUT2D eigenvalue weighted by Crippen LogP contribution is 2.49. The van der Waals surface area contributed by atoms with Gasteiger partial charge >= 0.3 is 18.3 Å². The quantitative estimate of drug-likeness (QED) is 0.162. The molecular weight excluding hydrogens is 724 g/mol. The van der Waals surface area contributed by atoms with Crippen molar-refractivity contribution in [1.82, 2.24) is 19.9 Å². The van der Waals surface area contributed by atoms with E-state index in [0.29, 0.717) is 32.1 Å². The number of alkyl halides is 3. The zero-order chi connectivity index (χ0) is 38.2. The number of hydrogen-bond acceptors (Lipinski definition) is 12. The van der Waals surface area contributed by atoms with E-state index in [1.54, 1.807) is 25.7 Å². The number of anilines is 2. The van der Waals surface area contributed by atoms with Gasteiger partial charge < -0.3 is 24.8 Å². The number of carbonyl (C=O) groups is 1. The van der Waals surface area contributed by atoms with Gasteiger partial charge in [-0.25, -0.2) is 14.2 Å². The number of ether oxygens (including phenoxy) is 3. The van der Waals surface area contributed by atoms with Crippen LogP contribution in [0.3, 0.4) is 0 Å². The number of aryl methyl sites for hydroxylation is 1. The predicted molar refractivity (Wildman–Crippen MR) is 186 cm³/mol. The summed E-state index contributed by atoms with van der Waals surface area (Å²) in [6.45, 7) is 8.22. The molecule has 288 valence electrons. The van der Waals surface area contributed by atoms with E-state index >= 15 is 4.39 Å². The number of amides is 1. The van der Waals surface area contributed by atoms with Gasteiger partial charge in [-0.3, -0.25) is 9.08 Å². The van der Waals surface area contributed by atoms with Gasteiger partial charge in [0.25, 0.3) is 10.1 Å². The molecule has 5 heterocycles. The number of piperazine rings is 1. The van der Waals surface area contributed by atoms with Gasteiger partial charge in [-0.2, -0.15) is 31.6 Å². The number of rotatable bonds is 8. The van der Waals surface area contributed by atoms with Gasteiger partial charge in [-0.05, 0) is 78.0 Å². The summed E-state index contributed by atoms with van der Waals surface area (Å²) < 4.78 is 108. The number of pyridine rings is 1. The van der Waals surface area contributed by atoms with Crippen molar-refractivity contribution in [3.8, 4) is 23.1 Å². The van der Waals surface area contributed by atoms with Crippen LogP contribution >= 0.6 is 0 Å². The fourth-order valence-electron chi connectivity index (χ4n) is 7.57. The summed E-state index contributed by atoms with van der Waals surface area (Å²) in [7, 11) is -3.73. The third-order valence-electron chi connectivity index (χ3n) is 10.3. The number of hydrogen-bond donors (Lipinski definition) is 1. The molecule has 1 aliphatic carbocycles. The van der Waals surface area contributed by atoms with Crippen molar-refractivity contribution >= 4 is 38.6 Å². The maximum Gasteiger partial charge on any atom is 0.417 e. The summed E-state index contributed by atoms with van der Waals surface area (Å²) >= 11 is 0. The van der Waals surface area contributed by atoms with E-state index in [2.05, 4.69) is 9.97 Å². The van der Waals surface area contributed by atoms with Crippen LogP contribution in [-0.2, 0) is 25.2 Å². The summed E-state index contributed by atoms with van der Waals surface area (Å²) in [6, 6.07) is 0.948. The summed E-state index contributed by atoms with van der Waals surface area (Å²) in [6.07, 6.45) is -2.42. The lowest BCUT2D eigenvalue weighted by Crippen LogP contribution is -2.62. The van der Waals surface area contributed by atoms with Crippen molar-refractivity contribution in [2.24, 2.45) is 5.41 Å². The average molecular weight is 767 g/mol. The van der Waals surface area contributed by atoms with E-state index < -0.39 is 56.0 Å². The maximum atomic E-state index is 17.0. The molecule has 1 saturated carbocycles. The Labute approximate surface area is 304 Å². The second-order valence-corrected chi connectivity index (χ2v) is 17.3. The van der Waals surface area contributed by atoms with Crippen LogP contribution in [0.2, 0.25) is 0 Å². The largest absolute Gasteiger partial charge is 0.477 e. The first kappa shape index (κ1) is 37.1. The van der Waals surface area contributed by atoms with Crippen molar-refractivity contribution in [3.05, 3.63) is 29.1 Å². The Bertz CT molecular complexity index is 2070. The number of carbonyl (C=O) groups excluding carboxylic acids is 1. The summed E-state index contributed by atoms with van der Waals surface area (Å²) in [5, 5.41) is 0.0427. The molecule has 2 bridgehead atoms. The summed E-state index contributed by atoms with van der Waals surface area (Å²) in [4.78, 5) is 30.6. The molecule has 0 spiro atoms. The van der Waals surface area contributed by atoms with Crippen molar-refractivity contribution in [1.29, 1.82) is 0 Å². The van der Waals surface area contributed by atoms with E-state index in [-0.39, 0.29) is 90.1 Å². The van der Waals surface area contributed by atoms with Gasteiger partial charge in [0, 0.05) is 29.6 Å². The van der Waals surface area contributed by atoms with Gasteiger partial charge in [0.15, 0.2) is 5.82 Å². The molecule has 3 atom stereocenters. The zero-order valence-electron chi connectivity index (χ0n) is 30.0. The highest BCUT2D eigenvalue weighted by Gasteiger charge is 2.51. The zero-order valence-corrected chi connectivity index (χ0v) is 30.9. The number of nitrogen functional groups attached to an aromatic ring is 1. The van der Waals surface area contributed by atoms with Crippen LogP contribution in [0.4, 0.5) is 33.9 Å². The molecule has 53 heavy (non-hydrogen) atoms. The molecule has 2 saturated heterocycles. The van der Waals surface area contributed by atoms with Gasteiger partial charge in [0.05, 0.1) is 49.3 Å². The highest BCUT2D eigenvalue weighted by molar-refractivity contribution is 7.86. The molecule has 3 aliphatic heterocycles. The Balaban J connectivity index is 1.36. The van der Waals surface area contributed by atoms with Crippen molar-refractivity contribution in [3.63, 3.8) is 0 Å². The van der Waals surface area contributed by atoms with Crippen LogP contribution in [0.5, 0.6) is 11.9 Å². The van der Waals surface area contributed by atoms with E-state index in [9.17, 15) is 26.4 Å². The van der Waals surface area contributed by atoms with Crippen LogP contribution in [0.15, 0.2) is 12.1 Å². The number of fused-ring (bicyclic) bond motifs is 5. The third kappa shape index (κ3) is 7.11. The lowest BCUT2D eigenvalue weighted by atomic mass is 9.96. The summed E-state index contributed by atoms with van der Waals surface area (Å²) in [5.41, 5.74) is 1.66. The van der Waals surface area contributed by atoms with Crippen LogP contribution in [0, 0.1) is 18.2 Å². The molecule has 0 radical (unpaired) electrons. The van der Waals surface area contributed by atoms with Crippen molar-refractivity contribution in [2.45, 2.75) is 96.6 Å². The van der Waals surface area contributed by atoms with Gasteiger partial charge in [0.2, 0.25) is 5.88 Å². The first-order valence-electron chi connectivity index (χ1n) is 17.6. The fourth-order valence-corrected chi connectivity index (χ4v) is 8.16. The van der Waals surface area contributed by atoms with Crippen LogP contribution < -0.4 is 20.1 Å². The molecule has 3 aromatic rings. The minimum atomic E-state index is -4.88. The molecule has 1 amide bonds. The van der Waals surface area contributed by atoms with Crippen LogP contribution in [0.1, 0.15) is 70.9 Å². The molecule has 18 heteroatoms. The lowest BCUT2D eigenvalue weighted by molar-refractivity contribution is -0.137. The maximum absolute atomic E-state index is 17.0. The molecule has 2 aromatic heterocycles. The number of halogens is 4. The van der Waals surface area contributed by atoms with Crippen LogP contribution in [-0.4, -0.2) is 90.2 Å². The molecule has 7 rings (SSSR count). The first-order valence-corrected chi connectivity index (χ1v) is 19.2. The number of nitrogens with two attached hydrogens (primary N) is 1. The van der Waals surface area contributed by atoms with Crippen LogP contribution in [0.25, 0.3) is 22.2 Å². The normalized spacial score (nSPS) is 22.2.